The molecule has 1 saturated heterocycles. The van der Waals surface area contributed by atoms with Crippen molar-refractivity contribution in [1.29, 1.82) is 0 Å². The van der Waals surface area contributed by atoms with Crippen molar-refractivity contribution in [1.82, 2.24) is 10.2 Å². The Labute approximate surface area is 128 Å². The predicted octanol–water partition coefficient (Wildman–Crippen LogP) is 2.06. The third kappa shape index (κ3) is 3.82. The summed E-state index contributed by atoms with van der Waals surface area (Å²) in [5.74, 6) is -0.617. The summed E-state index contributed by atoms with van der Waals surface area (Å²) in [4.78, 5) is 35.9. The number of hydrogen-bond acceptors (Lipinski definition) is 3. The number of nitrogens with one attached hydrogen (secondary N) is 1. The van der Waals surface area contributed by atoms with E-state index in [4.69, 9.17) is 11.6 Å². The van der Waals surface area contributed by atoms with Crippen LogP contribution in [-0.2, 0) is 14.4 Å². The first-order valence-electron chi connectivity index (χ1n) is 6.86. The molecule has 0 aliphatic carbocycles. The number of benzene rings is 1. The van der Waals surface area contributed by atoms with Crippen LogP contribution >= 0.6 is 11.6 Å². The lowest BCUT2D eigenvalue weighted by atomic mass is 10.1. The zero-order valence-electron chi connectivity index (χ0n) is 11.8. The van der Waals surface area contributed by atoms with Crippen molar-refractivity contribution in [2.24, 2.45) is 0 Å². The topological polar surface area (TPSA) is 66.5 Å². The lowest BCUT2D eigenvalue weighted by Crippen LogP contribution is -2.34. The zero-order chi connectivity index (χ0) is 15.4. The van der Waals surface area contributed by atoms with Crippen LogP contribution in [0.3, 0.4) is 0 Å². The smallest absolute Gasteiger partial charge is 0.229 e. The Bertz CT molecular complexity index is 558. The fraction of sp³-hybridized carbons (Fsp3) is 0.400. The van der Waals surface area contributed by atoms with E-state index in [-0.39, 0.29) is 49.6 Å². The molecule has 1 aromatic carbocycles. The molecule has 1 aliphatic rings. The molecule has 6 heteroatoms. The average molecular weight is 309 g/mol. The maximum atomic E-state index is 11.9. The molecule has 1 unspecified atom stereocenters. The monoisotopic (exact) mass is 308 g/mol. The van der Waals surface area contributed by atoms with Crippen LogP contribution in [-0.4, -0.2) is 29.2 Å². The number of amides is 3. The van der Waals surface area contributed by atoms with Crippen LogP contribution in [0.25, 0.3) is 0 Å². The minimum atomic E-state index is -0.226. The van der Waals surface area contributed by atoms with E-state index < -0.39 is 0 Å². The van der Waals surface area contributed by atoms with Crippen molar-refractivity contribution in [3.63, 3.8) is 0 Å². The number of likely N-dealkylation sites (tertiary alicyclic amines) is 1. The van der Waals surface area contributed by atoms with E-state index in [2.05, 4.69) is 5.32 Å². The molecule has 0 bridgehead atoms. The fourth-order valence-corrected chi connectivity index (χ4v) is 2.60. The Balaban J connectivity index is 1.86. The van der Waals surface area contributed by atoms with Gasteiger partial charge in [-0.25, -0.2) is 0 Å². The van der Waals surface area contributed by atoms with Gasteiger partial charge in [0, 0.05) is 30.8 Å². The quantitative estimate of drug-likeness (QED) is 0.847. The molecule has 0 radical (unpaired) electrons. The first-order chi connectivity index (χ1) is 9.99. The fourth-order valence-electron chi connectivity index (χ4n) is 2.30. The number of imide groups is 1. The van der Waals surface area contributed by atoms with Gasteiger partial charge >= 0.3 is 0 Å². The molecular formula is C15H17ClN2O3. The van der Waals surface area contributed by atoms with E-state index in [1.807, 2.05) is 25.1 Å². The van der Waals surface area contributed by atoms with Crippen molar-refractivity contribution < 1.29 is 14.4 Å². The summed E-state index contributed by atoms with van der Waals surface area (Å²) in [6.45, 7) is 1.98. The van der Waals surface area contributed by atoms with E-state index in [0.29, 0.717) is 5.02 Å². The van der Waals surface area contributed by atoms with Crippen molar-refractivity contribution in [3.05, 3.63) is 34.9 Å². The van der Waals surface area contributed by atoms with Crippen LogP contribution in [0, 0.1) is 0 Å². The van der Waals surface area contributed by atoms with E-state index in [0.717, 1.165) is 10.5 Å². The minimum absolute atomic E-state index is 0.103. The van der Waals surface area contributed by atoms with Gasteiger partial charge in [-0.2, -0.15) is 0 Å². The molecule has 1 heterocycles. The summed E-state index contributed by atoms with van der Waals surface area (Å²) >= 11 is 6.07. The Kier molecular flexibility index (Phi) is 4.96. The predicted molar refractivity (Wildman–Crippen MR) is 78.6 cm³/mol. The lowest BCUT2D eigenvalue weighted by Gasteiger charge is -2.17. The van der Waals surface area contributed by atoms with Crippen LogP contribution in [0.5, 0.6) is 0 Å². The minimum Gasteiger partial charge on any atom is -0.349 e. The Morgan fingerprint density at radius 2 is 1.90 bits per heavy atom. The maximum Gasteiger partial charge on any atom is 0.229 e. The van der Waals surface area contributed by atoms with Crippen molar-refractivity contribution >= 4 is 29.3 Å². The zero-order valence-corrected chi connectivity index (χ0v) is 12.5. The summed E-state index contributed by atoms with van der Waals surface area (Å²) in [6.07, 6.45) is 0.596. The van der Waals surface area contributed by atoms with E-state index in [1.54, 1.807) is 6.07 Å². The second-order valence-corrected chi connectivity index (χ2v) is 5.41. The summed E-state index contributed by atoms with van der Waals surface area (Å²) in [5, 5.41) is 3.41. The number of hydrogen-bond donors (Lipinski definition) is 1. The molecule has 0 aromatic heterocycles. The SMILES string of the molecule is CC(NC(=O)CCN1C(=O)CCC1=O)c1ccccc1Cl. The highest BCUT2D eigenvalue weighted by Crippen LogP contribution is 2.22. The third-order valence-electron chi connectivity index (χ3n) is 3.47. The summed E-state index contributed by atoms with van der Waals surface area (Å²) < 4.78 is 0. The van der Waals surface area contributed by atoms with Crippen LogP contribution in [0.1, 0.15) is 37.8 Å². The van der Waals surface area contributed by atoms with Gasteiger partial charge in [0.15, 0.2) is 0 Å². The van der Waals surface area contributed by atoms with Crippen LogP contribution in [0.15, 0.2) is 24.3 Å². The van der Waals surface area contributed by atoms with Gasteiger partial charge in [-0.1, -0.05) is 29.8 Å². The van der Waals surface area contributed by atoms with Crippen LogP contribution in [0.4, 0.5) is 0 Å². The van der Waals surface area contributed by atoms with Gasteiger partial charge in [0.05, 0.1) is 6.04 Å². The largest absolute Gasteiger partial charge is 0.349 e. The standard InChI is InChI=1S/C15H17ClN2O3/c1-10(11-4-2-3-5-12(11)16)17-13(19)8-9-18-14(20)6-7-15(18)21/h2-5,10H,6-9H2,1H3,(H,17,19). The Hall–Kier alpha value is -1.88. The van der Waals surface area contributed by atoms with Gasteiger partial charge in [-0.05, 0) is 18.6 Å². The summed E-state index contributed by atoms with van der Waals surface area (Å²) in [5.41, 5.74) is 0.834. The van der Waals surface area contributed by atoms with Crippen molar-refractivity contribution in [2.45, 2.75) is 32.2 Å². The van der Waals surface area contributed by atoms with E-state index in [9.17, 15) is 14.4 Å². The summed E-state index contributed by atoms with van der Waals surface area (Å²) in [7, 11) is 0. The van der Waals surface area contributed by atoms with E-state index in [1.165, 1.54) is 0 Å². The molecule has 1 fully saturated rings. The maximum absolute atomic E-state index is 11.9. The molecular weight excluding hydrogens is 292 g/mol. The highest BCUT2D eigenvalue weighted by Gasteiger charge is 2.28. The second-order valence-electron chi connectivity index (χ2n) is 5.00. The number of nitrogens with zero attached hydrogens (tertiary/aromatic N) is 1. The van der Waals surface area contributed by atoms with E-state index >= 15 is 0 Å². The molecule has 1 aromatic rings. The van der Waals surface area contributed by atoms with Gasteiger partial charge in [0.25, 0.3) is 0 Å². The van der Waals surface area contributed by atoms with Gasteiger partial charge in [-0.15, -0.1) is 0 Å². The summed E-state index contributed by atoms with van der Waals surface area (Å²) in [6, 6.07) is 7.06. The average Bonchev–Trinajstić information content (AvgIpc) is 2.76. The molecule has 1 aliphatic heterocycles. The van der Waals surface area contributed by atoms with Gasteiger partial charge in [0.2, 0.25) is 17.7 Å². The van der Waals surface area contributed by atoms with Gasteiger partial charge < -0.3 is 5.32 Å². The highest BCUT2D eigenvalue weighted by atomic mass is 35.5. The number of carbonyl (C=O) groups is 3. The Morgan fingerprint density at radius 1 is 1.29 bits per heavy atom. The molecule has 112 valence electrons. The highest BCUT2D eigenvalue weighted by molar-refractivity contribution is 6.31. The number of carbonyl (C=O) groups excluding carboxylic acids is 3. The second kappa shape index (κ2) is 6.72. The molecule has 0 spiro atoms. The van der Waals surface area contributed by atoms with Crippen LogP contribution < -0.4 is 5.32 Å². The molecule has 1 atom stereocenters. The first kappa shape index (κ1) is 15.5. The Morgan fingerprint density at radius 3 is 2.52 bits per heavy atom. The first-order valence-corrected chi connectivity index (χ1v) is 7.24. The number of halogens is 1. The lowest BCUT2D eigenvalue weighted by molar-refractivity contribution is -0.138. The molecule has 3 amide bonds. The normalized spacial score (nSPS) is 16.2. The molecule has 21 heavy (non-hydrogen) atoms. The van der Waals surface area contributed by atoms with Gasteiger partial charge in [0.1, 0.15) is 0 Å². The molecule has 5 nitrogen and oxygen atoms in total. The third-order valence-corrected chi connectivity index (χ3v) is 3.81. The molecule has 1 N–H and O–H groups in total. The molecule has 0 saturated carbocycles. The van der Waals surface area contributed by atoms with Gasteiger partial charge in [-0.3, -0.25) is 19.3 Å². The van der Waals surface area contributed by atoms with Crippen molar-refractivity contribution in [2.75, 3.05) is 6.54 Å². The van der Waals surface area contributed by atoms with Crippen LogP contribution in [0.2, 0.25) is 5.02 Å². The number of rotatable bonds is 5. The molecule has 2 rings (SSSR count). The van der Waals surface area contributed by atoms with Crippen molar-refractivity contribution in [3.8, 4) is 0 Å².